The summed E-state index contributed by atoms with van der Waals surface area (Å²) in [5, 5.41) is 44.4. The van der Waals surface area contributed by atoms with Crippen molar-refractivity contribution in [1.82, 2.24) is 16.0 Å². The summed E-state index contributed by atoms with van der Waals surface area (Å²) in [4.78, 5) is 60.5. The van der Waals surface area contributed by atoms with Crippen LogP contribution in [0.5, 0.6) is 5.75 Å². The fourth-order valence-corrected chi connectivity index (χ4v) is 3.23. The lowest BCUT2D eigenvalue weighted by atomic mass is 9.97. The van der Waals surface area contributed by atoms with Gasteiger partial charge in [0.2, 0.25) is 17.7 Å². The number of hydrogen-bond acceptors (Lipinski definition) is 8. The SMILES string of the molecule is CCC(C)C(NC(=O)C(NC(=O)C(N)Cc1ccc(O)cc1)C(C)O)C(=O)NC(CC(=O)O)C(=O)O. The highest BCUT2D eigenvalue weighted by Gasteiger charge is 2.34. The molecule has 0 aromatic heterocycles. The van der Waals surface area contributed by atoms with E-state index in [1.165, 1.54) is 19.1 Å². The monoisotopic (exact) mass is 510 g/mol. The third-order valence-electron chi connectivity index (χ3n) is 5.58. The fraction of sp³-hybridized carbons (Fsp3) is 0.522. The maximum atomic E-state index is 12.9. The molecule has 1 aromatic rings. The predicted molar refractivity (Wildman–Crippen MR) is 127 cm³/mol. The molecule has 0 aliphatic carbocycles. The van der Waals surface area contributed by atoms with Crippen LogP contribution in [0.3, 0.4) is 0 Å². The number of rotatable bonds is 14. The van der Waals surface area contributed by atoms with Gasteiger partial charge in [0.1, 0.15) is 23.9 Å². The second kappa shape index (κ2) is 14.0. The molecule has 0 bridgehead atoms. The highest BCUT2D eigenvalue weighted by Crippen LogP contribution is 2.12. The maximum Gasteiger partial charge on any atom is 0.326 e. The second-order valence-electron chi connectivity index (χ2n) is 8.57. The highest BCUT2D eigenvalue weighted by molar-refractivity contribution is 5.95. The molecule has 3 amide bonds. The third-order valence-corrected chi connectivity index (χ3v) is 5.58. The minimum absolute atomic E-state index is 0.0418. The van der Waals surface area contributed by atoms with Crippen LogP contribution in [0.1, 0.15) is 39.2 Å². The van der Waals surface area contributed by atoms with Crippen molar-refractivity contribution in [2.45, 2.75) is 70.3 Å². The summed E-state index contributed by atoms with van der Waals surface area (Å²) in [5.41, 5.74) is 6.57. The van der Waals surface area contributed by atoms with Crippen LogP contribution in [0.4, 0.5) is 0 Å². The zero-order valence-electron chi connectivity index (χ0n) is 20.3. The summed E-state index contributed by atoms with van der Waals surface area (Å²) in [6.45, 7) is 4.59. The number of nitrogens with two attached hydrogens (primary N) is 1. The van der Waals surface area contributed by atoms with E-state index in [1.807, 2.05) is 0 Å². The third kappa shape index (κ3) is 9.50. The summed E-state index contributed by atoms with van der Waals surface area (Å²) in [6, 6.07) is 0.429. The lowest BCUT2D eigenvalue weighted by molar-refractivity contribution is -0.147. The molecule has 0 radical (unpaired) electrons. The Morgan fingerprint density at radius 1 is 0.889 bits per heavy atom. The van der Waals surface area contributed by atoms with Crippen LogP contribution >= 0.6 is 0 Å². The lowest BCUT2D eigenvalue weighted by Gasteiger charge is -2.28. The number of phenols is 1. The van der Waals surface area contributed by atoms with E-state index < -0.39 is 72.3 Å². The van der Waals surface area contributed by atoms with Gasteiger partial charge in [0.25, 0.3) is 0 Å². The van der Waals surface area contributed by atoms with Crippen LogP contribution in [-0.4, -0.2) is 80.4 Å². The van der Waals surface area contributed by atoms with Crippen LogP contribution in [0, 0.1) is 5.92 Å². The van der Waals surface area contributed by atoms with E-state index in [1.54, 1.807) is 26.0 Å². The minimum atomic E-state index is -1.72. The van der Waals surface area contributed by atoms with Crippen molar-refractivity contribution in [2.24, 2.45) is 11.7 Å². The summed E-state index contributed by atoms with van der Waals surface area (Å²) >= 11 is 0. The Hall–Kier alpha value is -3.71. The van der Waals surface area contributed by atoms with Crippen molar-refractivity contribution in [2.75, 3.05) is 0 Å². The first-order valence-corrected chi connectivity index (χ1v) is 11.3. The van der Waals surface area contributed by atoms with Crippen molar-refractivity contribution in [3.63, 3.8) is 0 Å². The first-order chi connectivity index (χ1) is 16.8. The zero-order chi connectivity index (χ0) is 27.6. The van der Waals surface area contributed by atoms with E-state index >= 15 is 0 Å². The van der Waals surface area contributed by atoms with Gasteiger partial charge in [0, 0.05) is 0 Å². The topological polar surface area (TPSA) is 228 Å². The first-order valence-electron chi connectivity index (χ1n) is 11.3. The molecule has 0 saturated carbocycles. The Balaban J connectivity index is 2.95. The van der Waals surface area contributed by atoms with Crippen LogP contribution < -0.4 is 21.7 Å². The molecule has 0 aliphatic rings. The quantitative estimate of drug-likeness (QED) is 0.147. The molecule has 0 saturated heterocycles. The minimum Gasteiger partial charge on any atom is -0.508 e. The van der Waals surface area contributed by atoms with Crippen LogP contribution in [-0.2, 0) is 30.4 Å². The number of aromatic hydroxyl groups is 1. The van der Waals surface area contributed by atoms with E-state index in [0.29, 0.717) is 12.0 Å². The Labute approximate surface area is 208 Å². The van der Waals surface area contributed by atoms with Gasteiger partial charge in [-0.1, -0.05) is 32.4 Å². The van der Waals surface area contributed by atoms with E-state index in [4.69, 9.17) is 10.8 Å². The van der Waals surface area contributed by atoms with Gasteiger partial charge < -0.3 is 42.1 Å². The number of hydrogen-bond donors (Lipinski definition) is 8. The smallest absolute Gasteiger partial charge is 0.326 e. The van der Waals surface area contributed by atoms with Gasteiger partial charge in [-0.3, -0.25) is 19.2 Å². The van der Waals surface area contributed by atoms with Crippen molar-refractivity contribution < 1.29 is 44.4 Å². The largest absolute Gasteiger partial charge is 0.508 e. The molecule has 36 heavy (non-hydrogen) atoms. The molecular formula is C23H34N4O9. The van der Waals surface area contributed by atoms with Gasteiger partial charge in [-0.2, -0.15) is 0 Å². The standard InChI is InChI=1S/C23H34N4O9/c1-4-11(2)18(21(33)25-16(23(35)36)10-17(30)31)26-22(34)19(12(3)28)27-20(32)15(24)9-13-5-7-14(29)8-6-13/h5-8,11-12,15-16,18-19,28-29H,4,9-10,24H2,1-3H3,(H,25,33)(H,26,34)(H,27,32)(H,30,31)(H,35,36). The first kappa shape index (κ1) is 30.3. The highest BCUT2D eigenvalue weighted by atomic mass is 16.4. The van der Waals surface area contributed by atoms with Gasteiger partial charge in [0.15, 0.2) is 0 Å². The molecular weight excluding hydrogens is 476 g/mol. The average molecular weight is 511 g/mol. The summed E-state index contributed by atoms with van der Waals surface area (Å²) in [5.74, 6) is -6.05. The van der Waals surface area contributed by atoms with Gasteiger partial charge in [0.05, 0.1) is 18.6 Å². The van der Waals surface area contributed by atoms with Crippen molar-refractivity contribution in [3.8, 4) is 5.75 Å². The molecule has 6 atom stereocenters. The van der Waals surface area contributed by atoms with Gasteiger partial charge in [-0.25, -0.2) is 4.79 Å². The molecule has 13 nitrogen and oxygen atoms in total. The summed E-state index contributed by atoms with van der Waals surface area (Å²) in [7, 11) is 0. The van der Waals surface area contributed by atoms with E-state index in [0.717, 1.165) is 0 Å². The van der Waals surface area contributed by atoms with Crippen molar-refractivity contribution in [3.05, 3.63) is 29.8 Å². The van der Waals surface area contributed by atoms with E-state index in [-0.39, 0.29) is 12.2 Å². The van der Waals surface area contributed by atoms with E-state index in [2.05, 4.69) is 16.0 Å². The summed E-state index contributed by atoms with van der Waals surface area (Å²) in [6.07, 6.45) is -1.78. The molecule has 0 heterocycles. The Morgan fingerprint density at radius 2 is 1.42 bits per heavy atom. The van der Waals surface area contributed by atoms with Crippen LogP contribution in [0.25, 0.3) is 0 Å². The number of nitrogens with one attached hydrogen (secondary N) is 3. The van der Waals surface area contributed by atoms with E-state index in [9.17, 15) is 39.3 Å². The fourth-order valence-electron chi connectivity index (χ4n) is 3.23. The number of benzene rings is 1. The number of carbonyl (C=O) groups excluding carboxylic acids is 3. The molecule has 200 valence electrons. The summed E-state index contributed by atoms with van der Waals surface area (Å²) < 4.78 is 0. The maximum absolute atomic E-state index is 12.9. The average Bonchev–Trinajstić information content (AvgIpc) is 2.80. The Kier molecular flexibility index (Phi) is 11.8. The number of carboxylic acids is 2. The molecule has 0 fully saturated rings. The van der Waals surface area contributed by atoms with Crippen LogP contribution in [0.15, 0.2) is 24.3 Å². The number of aliphatic carboxylic acids is 2. The molecule has 13 heteroatoms. The number of aliphatic hydroxyl groups excluding tert-OH is 1. The Morgan fingerprint density at radius 3 is 1.89 bits per heavy atom. The second-order valence-corrected chi connectivity index (χ2v) is 8.57. The number of aliphatic hydroxyl groups is 1. The predicted octanol–water partition coefficient (Wildman–Crippen LogP) is -1.30. The van der Waals surface area contributed by atoms with Crippen molar-refractivity contribution >= 4 is 29.7 Å². The Bertz CT molecular complexity index is 936. The number of phenolic OH excluding ortho intramolecular Hbond substituents is 1. The lowest BCUT2D eigenvalue weighted by Crippen LogP contribution is -2.61. The molecule has 6 unspecified atom stereocenters. The van der Waals surface area contributed by atoms with Gasteiger partial charge in [-0.05, 0) is 37.0 Å². The van der Waals surface area contributed by atoms with Gasteiger partial charge in [-0.15, -0.1) is 0 Å². The molecule has 0 spiro atoms. The van der Waals surface area contributed by atoms with Gasteiger partial charge >= 0.3 is 11.9 Å². The van der Waals surface area contributed by atoms with Crippen molar-refractivity contribution in [1.29, 1.82) is 0 Å². The molecule has 9 N–H and O–H groups in total. The molecule has 1 rings (SSSR count). The molecule has 1 aromatic carbocycles. The molecule has 0 aliphatic heterocycles. The normalized spacial score (nSPS) is 15.9. The zero-order valence-corrected chi connectivity index (χ0v) is 20.3. The number of carboxylic acid groups (broad SMARTS) is 2. The number of carbonyl (C=O) groups is 5. The van der Waals surface area contributed by atoms with Crippen LogP contribution in [0.2, 0.25) is 0 Å². The number of amides is 3.